The molecule has 0 atom stereocenters. The fraction of sp³-hybridized carbons (Fsp3) is 0.538. The van der Waals surface area contributed by atoms with Crippen LogP contribution in [-0.2, 0) is 10.0 Å². The molecular weight excluding hydrogens is 280 g/mol. The molecule has 2 rings (SSSR count). The highest BCUT2D eigenvalue weighted by molar-refractivity contribution is 7.89. The number of rotatable bonds is 4. The van der Waals surface area contributed by atoms with E-state index in [1.807, 2.05) is 0 Å². The van der Waals surface area contributed by atoms with E-state index in [4.69, 9.17) is 9.47 Å². The first-order valence-corrected chi connectivity index (χ1v) is 7.96. The van der Waals surface area contributed by atoms with Gasteiger partial charge in [0.2, 0.25) is 10.0 Å². The highest BCUT2D eigenvalue weighted by Gasteiger charge is 2.26. The molecule has 1 saturated heterocycles. The van der Waals surface area contributed by atoms with E-state index in [0.717, 1.165) is 13.0 Å². The van der Waals surface area contributed by atoms with Crippen LogP contribution in [0.1, 0.15) is 6.42 Å². The predicted molar refractivity (Wildman–Crippen MR) is 75.8 cm³/mol. The number of sulfonamides is 1. The Kier molecular flexibility index (Phi) is 4.85. The summed E-state index contributed by atoms with van der Waals surface area (Å²) in [6.07, 6.45) is 0.806. The first-order valence-electron chi connectivity index (χ1n) is 6.52. The van der Waals surface area contributed by atoms with Gasteiger partial charge in [-0.25, -0.2) is 8.42 Å². The first kappa shape index (κ1) is 15.1. The molecule has 1 N–H and O–H groups in total. The van der Waals surface area contributed by atoms with Crippen LogP contribution < -0.4 is 14.8 Å². The monoisotopic (exact) mass is 300 g/mol. The summed E-state index contributed by atoms with van der Waals surface area (Å²) in [5, 5.41) is 3.19. The van der Waals surface area contributed by atoms with E-state index in [0.29, 0.717) is 31.1 Å². The van der Waals surface area contributed by atoms with Crippen molar-refractivity contribution in [1.82, 2.24) is 9.62 Å². The maximum Gasteiger partial charge on any atom is 0.243 e. The summed E-state index contributed by atoms with van der Waals surface area (Å²) in [5.74, 6) is 0.937. The molecule has 1 aromatic carbocycles. The second-order valence-electron chi connectivity index (χ2n) is 4.56. The Labute approximate surface area is 119 Å². The highest BCUT2D eigenvalue weighted by Crippen LogP contribution is 2.27. The fourth-order valence-corrected chi connectivity index (χ4v) is 3.67. The van der Waals surface area contributed by atoms with E-state index in [-0.39, 0.29) is 4.90 Å². The Morgan fingerprint density at radius 1 is 1.05 bits per heavy atom. The van der Waals surface area contributed by atoms with Gasteiger partial charge in [0.1, 0.15) is 11.5 Å². The maximum atomic E-state index is 12.7. The Hall–Kier alpha value is -1.31. The number of nitrogens with one attached hydrogen (secondary N) is 1. The highest BCUT2D eigenvalue weighted by atomic mass is 32.2. The summed E-state index contributed by atoms with van der Waals surface area (Å²) in [5.41, 5.74) is 0. The lowest BCUT2D eigenvalue weighted by Crippen LogP contribution is -2.34. The van der Waals surface area contributed by atoms with Crippen molar-refractivity contribution in [2.24, 2.45) is 0 Å². The molecule has 0 spiro atoms. The summed E-state index contributed by atoms with van der Waals surface area (Å²) in [7, 11) is -0.515. The van der Waals surface area contributed by atoms with Gasteiger partial charge in [-0.05, 0) is 13.0 Å². The summed E-state index contributed by atoms with van der Waals surface area (Å²) in [6.45, 7) is 2.50. The van der Waals surface area contributed by atoms with Gasteiger partial charge in [0.15, 0.2) is 0 Å². The number of methoxy groups -OCH3 is 2. The van der Waals surface area contributed by atoms with Gasteiger partial charge < -0.3 is 14.8 Å². The molecule has 0 saturated carbocycles. The minimum Gasteiger partial charge on any atom is -0.497 e. The Morgan fingerprint density at radius 2 is 1.70 bits per heavy atom. The zero-order valence-electron chi connectivity index (χ0n) is 11.8. The van der Waals surface area contributed by atoms with E-state index in [1.54, 1.807) is 6.07 Å². The molecule has 1 aromatic rings. The van der Waals surface area contributed by atoms with Crippen molar-refractivity contribution in [3.8, 4) is 11.5 Å². The summed E-state index contributed by atoms with van der Waals surface area (Å²) < 4.78 is 37.1. The molecule has 0 aliphatic carbocycles. The average molecular weight is 300 g/mol. The van der Waals surface area contributed by atoms with Gasteiger partial charge in [0, 0.05) is 37.8 Å². The molecule has 0 radical (unpaired) electrons. The number of hydrogen-bond donors (Lipinski definition) is 1. The first-order chi connectivity index (χ1) is 9.57. The lowest BCUT2D eigenvalue weighted by molar-refractivity contribution is 0.390. The molecule has 1 heterocycles. The molecule has 6 nitrogen and oxygen atoms in total. The minimum absolute atomic E-state index is 0.204. The molecule has 1 aliphatic rings. The van der Waals surface area contributed by atoms with Crippen LogP contribution in [0.4, 0.5) is 0 Å². The number of nitrogens with zero attached hydrogens (tertiary/aromatic N) is 1. The van der Waals surface area contributed by atoms with Crippen molar-refractivity contribution < 1.29 is 17.9 Å². The van der Waals surface area contributed by atoms with Crippen LogP contribution in [0.2, 0.25) is 0 Å². The molecule has 0 unspecified atom stereocenters. The summed E-state index contributed by atoms with van der Waals surface area (Å²) in [4.78, 5) is 0.204. The number of benzene rings is 1. The summed E-state index contributed by atoms with van der Waals surface area (Å²) in [6, 6.07) is 4.70. The number of hydrogen-bond acceptors (Lipinski definition) is 5. The Balaban J connectivity index is 2.37. The third-order valence-corrected chi connectivity index (χ3v) is 5.14. The lowest BCUT2D eigenvalue weighted by Gasteiger charge is -2.20. The third kappa shape index (κ3) is 3.23. The predicted octanol–water partition coefficient (Wildman–Crippen LogP) is 0.688. The molecule has 0 aromatic heterocycles. The van der Waals surface area contributed by atoms with Crippen LogP contribution >= 0.6 is 0 Å². The second-order valence-corrected chi connectivity index (χ2v) is 6.49. The van der Waals surface area contributed by atoms with Crippen molar-refractivity contribution in [3.63, 3.8) is 0 Å². The molecular formula is C13H20N2O4S. The molecule has 0 bridgehead atoms. The zero-order chi connectivity index (χ0) is 14.6. The van der Waals surface area contributed by atoms with Crippen molar-refractivity contribution >= 4 is 10.0 Å². The van der Waals surface area contributed by atoms with Crippen LogP contribution in [0.5, 0.6) is 11.5 Å². The van der Waals surface area contributed by atoms with E-state index in [1.165, 1.54) is 30.7 Å². The smallest absolute Gasteiger partial charge is 0.243 e. The van der Waals surface area contributed by atoms with E-state index < -0.39 is 10.0 Å². The van der Waals surface area contributed by atoms with Crippen LogP contribution in [0.25, 0.3) is 0 Å². The molecule has 0 amide bonds. The van der Waals surface area contributed by atoms with Crippen molar-refractivity contribution in [2.45, 2.75) is 11.3 Å². The molecule has 20 heavy (non-hydrogen) atoms. The van der Waals surface area contributed by atoms with Crippen molar-refractivity contribution in [2.75, 3.05) is 40.4 Å². The van der Waals surface area contributed by atoms with Gasteiger partial charge in [-0.2, -0.15) is 4.31 Å². The topological polar surface area (TPSA) is 67.9 Å². The Bertz CT molecular complexity index is 529. The molecule has 7 heteroatoms. The number of ether oxygens (including phenoxy) is 2. The molecule has 1 fully saturated rings. The van der Waals surface area contributed by atoms with E-state index in [9.17, 15) is 8.42 Å². The van der Waals surface area contributed by atoms with E-state index >= 15 is 0 Å². The lowest BCUT2D eigenvalue weighted by atomic mass is 10.3. The Morgan fingerprint density at radius 3 is 2.30 bits per heavy atom. The SMILES string of the molecule is COc1cc(OC)cc(S(=O)(=O)N2CCCNCC2)c1. The summed E-state index contributed by atoms with van der Waals surface area (Å²) >= 11 is 0. The standard InChI is InChI=1S/C13H20N2O4S/c1-18-11-8-12(19-2)10-13(9-11)20(16,17)15-6-3-4-14-5-7-15/h8-10,14H,3-7H2,1-2H3. The van der Waals surface area contributed by atoms with Crippen molar-refractivity contribution in [1.29, 1.82) is 0 Å². The van der Waals surface area contributed by atoms with Crippen LogP contribution in [-0.4, -0.2) is 53.1 Å². The zero-order valence-corrected chi connectivity index (χ0v) is 12.6. The van der Waals surface area contributed by atoms with Gasteiger partial charge in [-0.15, -0.1) is 0 Å². The van der Waals surface area contributed by atoms with Crippen LogP contribution in [0.15, 0.2) is 23.1 Å². The van der Waals surface area contributed by atoms with Crippen LogP contribution in [0.3, 0.4) is 0 Å². The van der Waals surface area contributed by atoms with Gasteiger partial charge in [0.25, 0.3) is 0 Å². The third-order valence-electron chi connectivity index (χ3n) is 3.26. The molecule has 1 aliphatic heterocycles. The van der Waals surface area contributed by atoms with Gasteiger partial charge in [-0.1, -0.05) is 0 Å². The normalized spacial score (nSPS) is 17.5. The van der Waals surface area contributed by atoms with Crippen LogP contribution in [0, 0.1) is 0 Å². The van der Waals surface area contributed by atoms with Gasteiger partial charge in [-0.3, -0.25) is 0 Å². The largest absolute Gasteiger partial charge is 0.497 e. The fourth-order valence-electron chi connectivity index (χ4n) is 2.14. The van der Waals surface area contributed by atoms with Crippen molar-refractivity contribution in [3.05, 3.63) is 18.2 Å². The van der Waals surface area contributed by atoms with Gasteiger partial charge in [0.05, 0.1) is 19.1 Å². The van der Waals surface area contributed by atoms with E-state index in [2.05, 4.69) is 5.32 Å². The average Bonchev–Trinajstić information content (AvgIpc) is 2.76. The maximum absolute atomic E-state index is 12.7. The van der Waals surface area contributed by atoms with Gasteiger partial charge >= 0.3 is 0 Å². The second kappa shape index (κ2) is 6.43. The minimum atomic E-state index is -3.52. The molecule has 112 valence electrons. The quantitative estimate of drug-likeness (QED) is 0.886.